The zero-order chi connectivity index (χ0) is 17.1. The predicted molar refractivity (Wildman–Crippen MR) is 99.6 cm³/mol. The maximum Gasteiger partial charge on any atom is 0.259 e. The SMILES string of the molecule is CSc1ccc(-c2ccccc2NC(=O)c2cn(C)nc2C)cc1. The summed E-state index contributed by atoms with van der Waals surface area (Å²) in [6.07, 6.45) is 3.79. The molecule has 0 bridgehead atoms. The van der Waals surface area contributed by atoms with Crippen molar-refractivity contribution in [3.05, 3.63) is 66.0 Å². The average molecular weight is 337 g/mol. The summed E-state index contributed by atoms with van der Waals surface area (Å²) in [4.78, 5) is 13.8. The van der Waals surface area contributed by atoms with Gasteiger partial charge in [0.1, 0.15) is 0 Å². The molecule has 3 rings (SSSR count). The third-order valence-electron chi connectivity index (χ3n) is 3.83. The number of rotatable bonds is 4. The Morgan fingerprint density at radius 3 is 2.46 bits per heavy atom. The van der Waals surface area contributed by atoms with E-state index < -0.39 is 0 Å². The molecule has 24 heavy (non-hydrogen) atoms. The van der Waals surface area contributed by atoms with Gasteiger partial charge in [-0.25, -0.2) is 0 Å². The van der Waals surface area contributed by atoms with Crippen LogP contribution in [0.2, 0.25) is 0 Å². The molecular formula is C19H19N3OS. The second-order valence-electron chi connectivity index (χ2n) is 5.53. The van der Waals surface area contributed by atoms with Crippen molar-refractivity contribution in [2.24, 2.45) is 7.05 Å². The van der Waals surface area contributed by atoms with Gasteiger partial charge in [0.05, 0.1) is 11.3 Å². The molecule has 0 aliphatic carbocycles. The number of hydrogen-bond donors (Lipinski definition) is 1. The molecule has 0 spiro atoms. The number of aryl methyl sites for hydroxylation is 2. The van der Waals surface area contributed by atoms with Crippen molar-refractivity contribution < 1.29 is 4.79 Å². The first-order valence-corrected chi connectivity index (χ1v) is 8.86. The van der Waals surface area contributed by atoms with Gasteiger partial charge in [-0.2, -0.15) is 5.10 Å². The average Bonchev–Trinajstić information content (AvgIpc) is 2.94. The molecule has 0 radical (unpaired) electrons. The lowest BCUT2D eigenvalue weighted by Gasteiger charge is -2.11. The number of amides is 1. The van der Waals surface area contributed by atoms with Crippen LogP contribution in [0.15, 0.2) is 59.6 Å². The molecule has 0 unspecified atom stereocenters. The van der Waals surface area contributed by atoms with E-state index in [1.165, 1.54) is 4.90 Å². The summed E-state index contributed by atoms with van der Waals surface area (Å²) in [7, 11) is 1.81. The first kappa shape index (κ1) is 16.3. The number of nitrogens with one attached hydrogen (secondary N) is 1. The quantitative estimate of drug-likeness (QED) is 0.719. The first-order valence-electron chi connectivity index (χ1n) is 7.63. The van der Waals surface area contributed by atoms with E-state index in [2.05, 4.69) is 40.9 Å². The molecule has 3 aromatic rings. The van der Waals surface area contributed by atoms with Crippen molar-refractivity contribution in [3.63, 3.8) is 0 Å². The molecule has 0 aliphatic rings. The topological polar surface area (TPSA) is 46.9 Å². The summed E-state index contributed by atoms with van der Waals surface area (Å²) >= 11 is 1.71. The van der Waals surface area contributed by atoms with E-state index >= 15 is 0 Å². The van der Waals surface area contributed by atoms with E-state index in [0.717, 1.165) is 22.5 Å². The number of para-hydroxylation sites is 1. The largest absolute Gasteiger partial charge is 0.321 e. The van der Waals surface area contributed by atoms with Crippen LogP contribution < -0.4 is 5.32 Å². The lowest BCUT2D eigenvalue weighted by Crippen LogP contribution is -2.13. The van der Waals surface area contributed by atoms with E-state index in [9.17, 15) is 4.79 Å². The number of carbonyl (C=O) groups excluding carboxylic acids is 1. The van der Waals surface area contributed by atoms with Crippen molar-refractivity contribution in [2.75, 3.05) is 11.6 Å². The smallest absolute Gasteiger partial charge is 0.259 e. The minimum atomic E-state index is -0.145. The van der Waals surface area contributed by atoms with Crippen LogP contribution in [0.5, 0.6) is 0 Å². The standard InChI is InChI=1S/C19H19N3OS/c1-13-17(12-22(2)21-13)19(23)20-18-7-5-4-6-16(18)14-8-10-15(24-3)11-9-14/h4-12H,1-3H3,(H,20,23). The molecule has 122 valence electrons. The van der Waals surface area contributed by atoms with Gasteiger partial charge in [-0.15, -0.1) is 11.8 Å². The summed E-state index contributed by atoms with van der Waals surface area (Å²) in [5, 5.41) is 7.24. The van der Waals surface area contributed by atoms with Crippen molar-refractivity contribution in [1.29, 1.82) is 0 Å². The zero-order valence-corrected chi connectivity index (χ0v) is 14.7. The molecule has 1 N–H and O–H groups in total. The summed E-state index contributed by atoms with van der Waals surface area (Å²) in [5.41, 5.74) is 4.18. The van der Waals surface area contributed by atoms with Gasteiger partial charge in [-0.3, -0.25) is 9.48 Å². The summed E-state index contributed by atoms with van der Waals surface area (Å²) in [5.74, 6) is -0.145. The van der Waals surface area contributed by atoms with Crippen molar-refractivity contribution in [2.45, 2.75) is 11.8 Å². The fraction of sp³-hybridized carbons (Fsp3) is 0.158. The van der Waals surface area contributed by atoms with Crippen LogP contribution in [-0.4, -0.2) is 21.9 Å². The van der Waals surface area contributed by atoms with Crippen LogP contribution in [0.25, 0.3) is 11.1 Å². The number of carbonyl (C=O) groups is 1. The number of benzene rings is 2. The van der Waals surface area contributed by atoms with Crippen molar-refractivity contribution in [3.8, 4) is 11.1 Å². The number of thioether (sulfide) groups is 1. The van der Waals surface area contributed by atoms with Crippen molar-refractivity contribution >= 4 is 23.4 Å². The molecule has 4 nitrogen and oxygen atoms in total. The molecule has 5 heteroatoms. The Balaban J connectivity index is 1.91. The van der Waals surface area contributed by atoms with Crippen LogP contribution in [0, 0.1) is 6.92 Å². The van der Waals surface area contributed by atoms with E-state index in [-0.39, 0.29) is 5.91 Å². The van der Waals surface area contributed by atoms with E-state index in [1.54, 1.807) is 22.6 Å². The molecular weight excluding hydrogens is 318 g/mol. The van der Waals surface area contributed by atoms with Gasteiger partial charge in [0.2, 0.25) is 0 Å². The lowest BCUT2D eigenvalue weighted by molar-refractivity contribution is 0.102. The van der Waals surface area contributed by atoms with Gasteiger partial charge in [0, 0.05) is 29.4 Å². The Morgan fingerprint density at radius 2 is 1.83 bits per heavy atom. The van der Waals surface area contributed by atoms with E-state index in [0.29, 0.717) is 5.56 Å². The Morgan fingerprint density at radius 1 is 1.12 bits per heavy atom. The van der Waals surface area contributed by atoms with Gasteiger partial charge in [0.15, 0.2) is 0 Å². The highest BCUT2D eigenvalue weighted by Gasteiger charge is 2.14. The predicted octanol–water partition coefficient (Wildman–Crippen LogP) is 4.37. The summed E-state index contributed by atoms with van der Waals surface area (Å²) in [6.45, 7) is 1.84. The minimum Gasteiger partial charge on any atom is -0.321 e. The Labute approximate surface area is 145 Å². The highest BCUT2D eigenvalue weighted by Crippen LogP contribution is 2.29. The minimum absolute atomic E-state index is 0.145. The Bertz CT molecular complexity index is 869. The zero-order valence-electron chi connectivity index (χ0n) is 13.9. The van der Waals surface area contributed by atoms with Gasteiger partial charge in [-0.05, 0) is 36.9 Å². The summed E-state index contributed by atoms with van der Waals surface area (Å²) < 4.78 is 1.65. The van der Waals surface area contributed by atoms with E-state index in [1.807, 2.05) is 38.2 Å². The third kappa shape index (κ3) is 3.36. The van der Waals surface area contributed by atoms with E-state index in [4.69, 9.17) is 0 Å². The highest BCUT2D eigenvalue weighted by molar-refractivity contribution is 7.98. The highest BCUT2D eigenvalue weighted by atomic mass is 32.2. The molecule has 1 amide bonds. The van der Waals surface area contributed by atoms with Crippen LogP contribution in [0.4, 0.5) is 5.69 Å². The molecule has 1 heterocycles. The normalized spacial score (nSPS) is 10.6. The molecule has 0 saturated carbocycles. The van der Waals surface area contributed by atoms with Crippen LogP contribution in [-0.2, 0) is 7.05 Å². The summed E-state index contributed by atoms with van der Waals surface area (Å²) in [6, 6.07) is 16.2. The molecule has 1 aromatic heterocycles. The molecule has 0 fully saturated rings. The second kappa shape index (κ2) is 6.93. The second-order valence-corrected chi connectivity index (χ2v) is 6.41. The van der Waals surface area contributed by atoms with Gasteiger partial charge in [-0.1, -0.05) is 30.3 Å². The van der Waals surface area contributed by atoms with Crippen LogP contribution in [0.1, 0.15) is 16.1 Å². The first-order chi connectivity index (χ1) is 11.6. The van der Waals surface area contributed by atoms with Crippen LogP contribution >= 0.6 is 11.8 Å². The van der Waals surface area contributed by atoms with Gasteiger partial charge >= 0.3 is 0 Å². The van der Waals surface area contributed by atoms with Crippen molar-refractivity contribution in [1.82, 2.24) is 9.78 Å². The number of anilines is 1. The maximum absolute atomic E-state index is 12.6. The molecule has 2 aromatic carbocycles. The number of hydrogen-bond acceptors (Lipinski definition) is 3. The lowest BCUT2D eigenvalue weighted by atomic mass is 10.0. The maximum atomic E-state index is 12.6. The monoisotopic (exact) mass is 337 g/mol. The molecule has 0 atom stereocenters. The fourth-order valence-electron chi connectivity index (χ4n) is 2.63. The van der Waals surface area contributed by atoms with Crippen LogP contribution in [0.3, 0.4) is 0 Å². The number of nitrogens with zero attached hydrogens (tertiary/aromatic N) is 2. The Kier molecular flexibility index (Phi) is 4.71. The van der Waals surface area contributed by atoms with Gasteiger partial charge < -0.3 is 5.32 Å². The van der Waals surface area contributed by atoms with Gasteiger partial charge in [0.25, 0.3) is 5.91 Å². The number of aromatic nitrogens is 2. The molecule has 0 saturated heterocycles. The fourth-order valence-corrected chi connectivity index (χ4v) is 3.03. The Hall–Kier alpha value is -2.53. The molecule has 0 aliphatic heterocycles. The third-order valence-corrected chi connectivity index (χ3v) is 4.58.